The number of halogens is 1. The zero-order valence-electron chi connectivity index (χ0n) is 10.3. The van der Waals surface area contributed by atoms with E-state index in [9.17, 15) is 13.2 Å². The smallest absolute Gasteiger partial charge is 0.337 e. The van der Waals surface area contributed by atoms with Gasteiger partial charge in [0.15, 0.2) is 0 Å². The van der Waals surface area contributed by atoms with E-state index in [0.29, 0.717) is 6.42 Å². The van der Waals surface area contributed by atoms with Crippen LogP contribution in [0.3, 0.4) is 0 Å². The first-order valence-electron chi connectivity index (χ1n) is 5.44. The molecule has 104 valence electrons. The number of benzene rings is 1. The minimum Gasteiger partial charge on any atom is -0.478 e. The molecule has 0 radical (unpaired) electrons. The molecule has 0 aliphatic heterocycles. The summed E-state index contributed by atoms with van der Waals surface area (Å²) in [4.78, 5) is 10.7. The second-order valence-electron chi connectivity index (χ2n) is 3.99. The van der Waals surface area contributed by atoms with Crippen molar-refractivity contribution in [2.24, 2.45) is 0 Å². The Bertz CT molecular complexity index is 598. The van der Waals surface area contributed by atoms with Crippen LogP contribution in [0.5, 0.6) is 0 Å². The van der Waals surface area contributed by atoms with E-state index in [1.54, 1.807) is 13.0 Å². The van der Waals surface area contributed by atoms with Gasteiger partial charge in [-0.25, -0.2) is 17.9 Å². The number of hydrogen-bond acceptors (Lipinski definition) is 3. The van der Waals surface area contributed by atoms with E-state index < -0.39 is 16.0 Å². The molecule has 0 amide bonds. The summed E-state index contributed by atoms with van der Waals surface area (Å²) >= 11 is 5.74. The zero-order valence-corrected chi connectivity index (χ0v) is 11.8. The lowest BCUT2D eigenvalue weighted by atomic mass is 10.2. The molecule has 7 heteroatoms. The molecule has 0 aliphatic carbocycles. The van der Waals surface area contributed by atoms with Crippen molar-refractivity contribution in [2.75, 3.05) is 0 Å². The molecule has 19 heavy (non-hydrogen) atoms. The molecule has 1 unspecified atom stereocenters. The van der Waals surface area contributed by atoms with Gasteiger partial charge in [-0.05, 0) is 31.5 Å². The van der Waals surface area contributed by atoms with Gasteiger partial charge in [0.25, 0.3) is 0 Å². The van der Waals surface area contributed by atoms with Gasteiger partial charge in [0.05, 0.1) is 15.5 Å². The van der Waals surface area contributed by atoms with Gasteiger partial charge in [-0.3, -0.25) is 0 Å². The monoisotopic (exact) mass is 303 g/mol. The van der Waals surface area contributed by atoms with Crippen LogP contribution in [0, 0.1) is 0 Å². The van der Waals surface area contributed by atoms with Gasteiger partial charge in [0.1, 0.15) is 0 Å². The first-order chi connectivity index (χ1) is 8.77. The van der Waals surface area contributed by atoms with Crippen LogP contribution < -0.4 is 4.72 Å². The first-order valence-corrected chi connectivity index (χ1v) is 7.30. The maximum Gasteiger partial charge on any atom is 0.337 e. The Kier molecular flexibility index (Phi) is 5.11. The molecule has 0 saturated carbocycles. The Balaban J connectivity index is 3.06. The van der Waals surface area contributed by atoms with E-state index in [4.69, 9.17) is 16.7 Å². The summed E-state index contributed by atoms with van der Waals surface area (Å²) in [6.07, 6.45) is 2.09. The third kappa shape index (κ3) is 4.05. The van der Waals surface area contributed by atoms with E-state index in [1.165, 1.54) is 6.07 Å². The van der Waals surface area contributed by atoms with Crippen LogP contribution in [-0.2, 0) is 10.0 Å². The molecule has 1 atom stereocenters. The average Bonchev–Trinajstić information content (AvgIpc) is 2.27. The van der Waals surface area contributed by atoms with Crippen molar-refractivity contribution in [3.8, 4) is 0 Å². The number of hydrogen-bond donors (Lipinski definition) is 2. The van der Waals surface area contributed by atoms with Gasteiger partial charge in [0.2, 0.25) is 10.0 Å². The van der Waals surface area contributed by atoms with E-state index in [0.717, 1.165) is 12.1 Å². The van der Waals surface area contributed by atoms with E-state index in [2.05, 4.69) is 11.3 Å². The molecule has 5 nitrogen and oxygen atoms in total. The summed E-state index contributed by atoms with van der Waals surface area (Å²) in [6.45, 7) is 5.23. The highest BCUT2D eigenvalue weighted by Crippen LogP contribution is 2.21. The number of sulfonamides is 1. The third-order valence-corrected chi connectivity index (χ3v) is 4.26. The third-order valence-electron chi connectivity index (χ3n) is 2.36. The number of carboxylic acids is 1. The zero-order chi connectivity index (χ0) is 14.6. The maximum atomic E-state index is 12.0. The largest absolute Gasteiger partial charge is 0.478 e. The van der Waals surface area contributed by atoms with Crippen LogP contribution >= 0.6 is 11.6 Å². The molecule has 0 spiro atoms. The summed E-state index contributed by atoms with van der Waals surface area (Å²) in [5.74, 6) is -1.21. The van der Waals surface area contributed by atoms with Gasteiger partial charge in [-0.15, -0.1) is 6.58 Å². The highest BCUT2D eigenvalue weighted by Gasteiger charge is 2.19. The second-order valence-corrected chi connectivity index (χ2v) is 6.11. The van der Waals surface area contributed by atoms with Crippen molar-refractivity contribution < 1.29 is 18.3 Å². The molecule has 2 N–H and O–H groups in total. The van der Waals surface area contributed by atoms with Crippen molar-refractivity contribution in [3.05, 3.63) is 41.4 Å². The summed E-state index contributed by atoms with van der Waals surface area (Å²) in [5.41, 5.74) is -0.139. The van der Waals surface area contributed by atoms with Crippen molar-refractivity contribution in [1.29, 1.82) is 0 Å². The molecule has 0 fully saturated rings. The predicted octanol–water partition coefficient (Wildman–Crippen LogP) is 2.28. The molecule has 1 rings (SSSR count). The lowest BCUT2D eigenvalue weighted by molar-refractivity contribution is 0.0697. The Morgan fingerprint density at radius 3 is 2.68 bits per heavy atom. The molecule has 1 aromatic carbocycles. The molecule has 0 heterocycles. The average molecular weight is 304 g/mol. The van der Waals surface area contributed by atoms with Gasteiger partial charge in [0, 0.05) is 6.04 Å². The minimum atomic E-state index is -3.72. The highest BCUT2D eigenvalue weighted by atomic mass is 35.5. The van der Waals surface area contributed by atoms with Crippen molar-refractivity contribution in [1.82, 2.24) is 4.72 Å². The van der Waals surface area contributed by atoms with Crippen molar-refractivity contribution in [3.63, 3.8) is 0 Å². The second kappa shape index (κ2) is 6.18. The maximum absolute atomic E-state index is 12.0. The van der Waals surface area contributed by atoms with E-state index in [-0.39, 0.29) is 21.5 Å². The molecule has 0 bridgehead atoms. The van der Waals surface area contributed by atoms with Crippen molar-refractivity contribution in [2.45, 2.75) is 24.3 Å². The fourth-order valence-electron chi connectivity index (χ4n) is 1.47. The van der Waals surface area contributed by atoms with Gasteiger partial charge in [-0.2, -0.15) is 0 Å². The Morgan fingerprint density at radius 1 is 1.58 bits per heavy atom. The Hall–Kier alpha value is -1.37. The van der Waals surface area contributed by atoms with E-state index >= 15 is 0 Å². The highest BCUT2D eigenvalue weighted by molar-refractivity contribution is 7.89. The molecule has 0 aromatic heterocycles. The summed E-state index contributed by atoms with van der Waals surface area (Å²) in [7, 11) is -3.72. The number of aromatic carboxylic acids is 1. The van der Waals surface area contributed by atoms with Gasteiger partial charge >= 0.3 is 5.97 Å². The van der Waals surface area contributed by atoms with Crippen LogP contribution in [0.1, 0.15) is 23.7 Å². The Labute approximate surface area is 117 Å². The number of nitrogens with one attached hydrogen (secondary N) is 1. The molecular weight excluding hydrogens is 290 g/mol. The fraction of sp³-hybridized carbons (Fsp3) is 0.250. The lowest BCUT2D eigenvalue weighted by Crippen LogP contribution is -2.32. The molecular formula is C12H14ClNO4S. The normalized spacial score (nSPS) is 12.9. The van der Waals surface area contributed by atoms with Crippen LogP contribution in [0.15, 0.2) is 35.7 Å². The van der Waals surface area contributed by atoms with Gasteiger partial charge < -0.3 is 5.11 Å². The SMILES string of the molecule is C=CCC(C)NS(=O)(=O)c1ccc(C(=O)O)c(Cl)c1. The molecule has 1 aromatic rings. The summed E-state index contributed by atoms with van der Waals surface area (Å²) < 4.78 is 26.4. The van der Waals surface area contributed by atoms with E-state index in [1.807, 2.05) is 0 Å². The first kappa shape index (κ1) is 15.7. The lowest BCUT2D eigenvalue weighted by Gasteiger charge is -2.12. The van der Waals surface area contributed by atoms with Crippen LogP contribution in [0.4, 0.5) is 0 Å². The molecule has 0 aliphatic rings. The molecule has 0 saturated heterocycles. The minimum absolute atomic E-state index is 0.0709. The fourth-order valence-corrected chi connectivity index (χ4v) is 3.08. The quantitative estimate of drug-likeness (QED) is 0.790. The summed E-state index contributed by atoms with van der Waals surface area (Å²) in [5, 5.41) is 8.70. The van der Waals surface area contributed by atoms with Crippen molar-refractivity contribution >= 4 is 27.6 Å². The number of carbonyl (C=O) groups is 1. The summed E-state index contributed by atoms with van der Waals surface area (Å²) in [6, 6.07) is 3.18. The van der Waals surface area contributed by atoms with Crippen LogP contribution in [0.25, 0.3) is 0 Å². The number of rotatable bonds is 6. The predicted molar refractivity (Wildman–Crippen MR) is 73.0 cm³/mol. The van der Waals surface area contributed by atoms with Gasteiger partial charge in [-0.1, -0.05) is 17.7 Å². The van der Waals surface area contributed by atoms with Crippen LogP contribution in [0.2, 0.25) is 5.02 Å². The van der Waals surface area contributed by atoms with Crippen LogP contribution in [-0.4, -0.2) is 25.5 Å². The topological polar surface area (TPSA) is 83.5 Å². The Morgan fingerprint density at radius 2 is 2.21 bits per heavy atom. The number of carboxylic acid groups (broad SMARTS) is 1. The standard InChI is InChI=1S/C12H14ClNO4S/c1-3-4-8(2)14-19(17,18)9-5-6-10(12(15)16)11(13)7-9/h3,5-8,14H,1,4H2,2H3,(H,15,16).